The van der Waals surface area contributed by atoms with Gasteiger partial charge in [-0.15, -0.1) is 0 Å². The number of likely N-dealkylation sites (tertiary alicyclic amines) is 1. The van der Waals surface area contributed by atoms with E-state index in [1.807, 2.05) is 28.0 Å². The van der Waals surface area contributed by atoms with Crippen molar-refractivity contribution in [2.45, 2.75) is 38.6 Å². The Morgan fingerprint density at radius 2 is 1.88 bits per heavy atom. The molecule has 0 spiro atoms. The highest BCUT2D eigenvalue weighted by Crippen LogP contribution is 2.38. The van der Waals surface area contributed by atoms with Gasteiger partial charge in [0.1, 0.15) is 13.3 Å². The molecule has 2 aromatic heterocycles. The maximum absolute atomic E-state index is 13.6. The van der Waals surface area contributed by atoms with Crippen molar-refractivity contribution < 1.29 is 8.78 Å². The number of aryl methyl sites for hydroxylation is 2. The minimum atomic E-state index is -0.649. The molecule has 2 aromatic carbocycles. The first-order valence-corrected chi connectivity index (χ1v) is 12.1. The largest absolute Gasteiger partial charge is 0.361 e. The number of hydrogen-bond donors (Lipinski definition) is 1. The van der Waals surface area contributed by atoms with E-state index in [0.717, 1.165) is 25.1 Å². The van der Waals surface area contributed by atoms with Gasteiger partial charge in [-0.3, -0.25) is 4.90 Å². The Kier molecular flexibility index (Phi) is 6.50. The van der Waals surface area contributed by atoms with E-state index < -0.39 is 19.4 Å². The molecule has 6 heteroatoms. The lowest BCUT2D eigenvalue weighted by Gasteiger charge is -2.41. The number of piperidine rings is 1. The van der Waals surface area contributed by atoms with Crippen LogP contribution in [0.15, 0.2) is 61.1 Å². The third-order valence-electron chi connectivity index (χ3n) is 7.59. The molecule has 3 heterocycles. The van der Waals surface area contributed by atoms with Crippen molar-refractivity contribution in [2.24, 2.45) is 5.92 Å². The van der Waals surface area contributed by atoms with Gasteiger partial charge >= 0.3 is 0 Å². The fourth-order valence-electron chi connectivity index (χ4n) is 5.69. The molecule has 178 valence electrons. The number of rotatable bonds is 7. The molecule has 4 nitrogen and oxygen atoms in total. The molecule has 4 aromatic rings. The molecule has 2 atom stereocenters. The van der Waals surface area contributed by atoms with Crippen LogP contribution in [-0.2, 0) is 6.42 Å². The van der Waals surface area contributed by atoms with Crippen LogP contribution in [0.5, 0.6) is 0 Å². The second-order valence-corrected chi connectivity index (χ2v) is 9.61. The number of aromatic amines is 1. The zero-order chi connectivity index (χ0) is 23.7. The summed E-state index contributed by atoms with van der Waals surface area (Å²) >= 11 is 0. The van der Waals surface area contributed by atoms with Crippen LogP contribution in [0.4, 0.5) is 8.78 Å². The first-order chi connectivity index (χ1) is 16.6. The van der Waals surface area contributed by atoms with Gasteiger partial charge in [0.2, 0.25) is 0 Å². The fourth-order valence-corrected chi connectivity index (χ4v) is 5.69. The predicted octanol–water partition coefficient (Wildman–Crippen LogP) is 5.93. The molecular weight excluding hydrogens is 430 g/mol. The Hall–Kier alpha value is -2.99. The Balaban J connectivity index is 1.48. The van der Waals surface area contributed by atoms with Crippen LogP contribution in [0, 0.1) is 19.8 Å². The second-order valence-electron chi connectivity index (χ2n) is 9.61. The molecule has 5 rings (SSSR count). The molecule has 1 N–H and O–H groups in total. The van der Waals surface area contributed by atoms with Crippen LogP contribution < -0.4 is 0 Å². The van der Waals surface area contributed by atoms with Crippen molar-refractivity contribution >= 4 is 10.9 Å². The SMILES string of the molecule is Cc1cc(C)c2[nH]ccc2c1CC1CCN(C(CF)CF)CC1c1ccc(-n2cccn2)cc1. The lowest BCUT2D eigenvalue weighted by Crippen LogP contribution is -2.47. The van der Waals surface area contributed by atoms with Crippen molar-refractivity contribution in [1.29, 1.82) is 0 Å². The number of halogens is 2. The van der Waals surface area contributed by atoms with Crippen molar-refractivity contribution in [3.05, 3.63) is 83.3 Å². The van der Waals surface area contributed by atoms with Crippen LogP contribution in [0.2, 0.25) is 0 Å². The molecule has 1 aliphatic rings. The molecular formula is C28H32F2N4. The van der Waals surface area contributed by atoms with Gasteiger partial charge in [0, 0.05) is 36.0 Å². The number of fused-ring (bicyclic) bond motifs is 1. The van der Waals surface area contributed by atoms with Gasteiger partial charge in [-0.2, -0.15) is 5.10 Å². The minimum absolute atomic E-state index is 0.204. The third-order valence-corrected chi connectivity index (χ3v) is 7.59. The highest BCUT2D eigenvalue weighted by molar-refractivity contribution is 5.87. The summed E-state index contributed by atoms with van der Waals surface area (Å²) in [7, 11) is 0. The summed E-state index contributed by atoms with van der Waals surface area (Å²) in [5.41, 5.74) is 7.38. The number of benzene rings is 2. The Morgan fingerprint density at radius 1 is 1.09 bits per heavy atom. The maximum atomic E-state index is 13.6. The van der Waals surface area contributed by atoms with E-state index in [0.29, 0.717) is 12.5 Å². The zero-order valence-corrected chi connectivity index (χ0v) is 19.8. The standard InChI is InChI=1S/C28H32F2N4/c1-19-14-20(2)28-25(8-11-31-28)26(19)15-22-9-13-33(24(16-29)17-30)18-27(22)21-4-6-23(7-5-21)34-12-3-10-32-34/h3-8,10-12,14,22,24,27,31H,9,13,15-18H2,1-2H3. The monoisotopic (exact) mass is 462 g/mol. The van der Waals surface area contributed by atoms with E-state index in [1.165, 1.54) is 33.2 Å². The average Bonchev–Trinajstić information content (AvgIpc) is 3.56. The molecule has 2 unspecified atom stereocenters. The normalized spacial score (nSPS) is 19.3. The number of H-pyrrole nitrogens is 1. The van der Waals surface area contributed by atoms with Gasteiger partial charge < -0.3 is 4.98 Å². The van der Waals surface area contributed by atoms with E-state index in [4.69, 9.17) is 0 Å². The highest BCUT2D eigenvalue weighted by Gasteiger charge is 2.34. The van der Waals surface area contributed by atoms with Crippen LogP contribution >= 0.6 is 0 Å². The van der Waals surface area contributed by atoms with Crippen LogP contribution in [0.1, 0.15) is 34.6 Å². The summed E-state index contributed by atoms with van der Waals surface area (Å²) in [6.07, 6.45) is 7.58. The minimum Gasteiger partial charge on any atom is -0.361 e. The Bertz CT molecular complexity index is 1230. The van der Waals surface area contributed by atoms with E-state index in [2.05, 4.69) is 60.3 Å². The lowest BCUT2D eigenvalue weighted by molar-refractivity contribution is 0.0815. The summed E-state index contributed by atoms with van der Waals surface area (Å²) in [5.74, 6) is 0.599. The van der Waals surface area contributed by atoms with Crippen molar-refractivity contribution in [3.63, 3.8) is 0 Å². The number of nitrogens with zero attached hydrogens (tertiary/aromatic N) is 3. The van der Waals surface area contributed by atoms with E-state index in [-0.39, 0.29) is 5.92 Å². The molecule has 1 aliphatic heterocycles. The molecule has 0 aliphatic carbocycles. The van der Waals surface area contributed by atoms with Crippen molar-refractivity contribution in [1.82, 2.24) is 19.7 Å². The predicted molar refractivity (Wildman–Crippen MR) is 133 cm³/mol. The smallest absolute Gasteiger partial charge is 0.107 e. The lowest BCUT2D eigenvalue weighted by atomic mass is 9.76. The fraction of sp³-hybridized carbons (Fsp3) is 0.393. The Morgan fingerprint density at radius 3 is 2.59 bits per heavy atom. The number of hydrogen-bond acceptors (Lipinski definition) is 2. The van der Waals surface area contributed by atoms with E-state index in [9.17, 15) is 8.78 Å². The summed E-state index contributed by atoms with van der Waals surface area (Å²) < 4.78 is 29.0. The van der Waals surface area contributed by atoms with Crippen molar-refractivity contribution in [2.75, 3.05) is 26.4 Å². The van der Waals surface area contributed by atoms with Gasteiger partial charge in [-0.05, 0) is 91.6 Å². The molecule has 34 heavy (non-hydrogen) atoms. The van der Waals surface area contributed by atoms with Gasteiger partial charge in [0.25, 0.3) is 0 Å². The molecule has 0 amide bonds. The maximum Gasteiger partial charge on any atom is 0.107 e. The van der Waals surface area contributed by atoms with Gasteiger partial charge in [0.15, 0.2) is 0 Å². The number of nitrogens with one attached hydrogen (secondary N) is 1. The van der Waals surface area contributed by atoms with E-state index in [1.54, 1.807) is 6.20 Å². The van der Waals surface area contributed by atoms with Crippen molar-refractivity contribution in [3.8, 4) is 5.69 Å². The summed E-state index contributed by atoms with van der Waals surface area (Å²) in [4.78, 5) is 5.40. The molecule has 1 fully saturated rings. The first-order valence-electron chi connectivity index (χ1n) is 12.1. The average molecular weight is 463 g/mol. The van der Waals surface area contributed by atoms with E-state index >= 15 is 0 Å². The van der Waals surface area contributed by atoms with Gasteiger partial charge in [-0.1, -0.05) is 18.2 Å². The number of alkyl halides is 2. The molecule has 1 saturated heterocycles. The zero-order valence-electron chi connectivity index (χ0n) is 19.8. The number of aromatic nitrogens is 3. The third kappa shape index (κ3) is 4.27. The van der Waals surface area contributed by atoms with Crippen LogP contribution in [-0.4, -0.2) is 52.1 Å². The topological polar surface area (TPSA) is 36.9 Å². The second kappa shape index (κ2) is 9.71. The van der Waals surface area contributed by atoms with Crippen LogP contribution in [0.3, 0.4) is 0 Å². The molecule has 0 radical (unpaired) electrons. The molecule has 0 bridgehead atoms. The van der Waals surface area contributed by atoms with Crippen LogP contribution in [0.25, 0.3) is 16.6 Å². The summed E-state index contributed by atoms with van der Waals surface area (Å²) in [6.45, 7) is 4.45. The first kappa shape index (κ1) is 22.8. The summed E-state index contributed by atoms with van der Waals surface area (Å²) in [6, 6.07) is 14.2. The van der Waals surface area contributed by atoms with Gasteiger partial charge in [-0.25, -0.2) is 13.5 Å². The highest BCUT2D eigenvalue weighted by atomic mass is 19.1. The van der Waals surface area contributed by atoms with Gasteiger partial charge in [0.05, 0.1) is 11.7 Å². The molecule has 0 saturated carbocycles. The summed E-state index contributed by atoms with van der Waals surface area (Å²) in [5, 5.41) is 5.61. The Labute approximate surface area is 199 Å². The quantitative estimate of drug-likeness (QED) is 0.370.